The molecule has 0 amide bonds. The lowest BCUT2D eigenvalue weighted by Crippen LogP contribution is -1.72. The van der Waals surface area contributed by atoms with Crippen LogP contribution in [0.1, 0.15) is 6.42 Å². The zero-order valence-electron chi connectivity index (χ0n) is 4.22. The summed E-state index contributed by atoms with van der Waals surface area (Å²) >= 11 is 0. The van der Waals surface area contributed by atoms with Crippen molar-refractivity contribution in [1.82, 2.24) is 0 Å². The lowest BCUT2D eigenvalue weighted by atomic mass is 10.5. The highest BCUT2D eigenvalue weighted by atomic mass is 19.1. The van der Waals surface area contributed by atoms with Crippen LogP contribution in [0.5, 0.6) is 0 Å². The second-order valence-corrected chi connectivity index (χ2v) is 0.910. The van der Waals surface area contributed by atoms with E-state index < -0.39 is 0 Å². The van der Waals surface area contributed by atoms with Crippen molar-refractivity contribution in [2.75, 3.05) is 13.8 Å². The first kappa shape index (κ1) is 6.40. The summed E-state index contributed by atoms with van der Waals surface area (Å²) in [6.07, 6.45) is 2.75. The third-order valence-corrected chi connectivity index (χ3v) is 0.487. The van der Waals surface area contributed by atoms with Crippen molar-refractivity contribution in [1.29, 1.82) is 0 Å². The molecule has 42 valence electrons. The monoisotopic (exact) mass is 105 g/mol. The van der Waals surface area contributed by atoms with Gasteiger partial charge in [0.05, 0.1) is 7.18 Å². The van der Waals surface area contributed by atoms with E-state index >= 15 is 0 Å². The topological polar surface area (TPSA) is 21.6 Å². The van der Waals surface area contributed by atoms with E-state index in [1.807, 2.05) is 0 Å². The first-order valence-electron chi connectivity index (χ1n) is 2.02. The van der Waals surface area contributed by atoms with Crippen LogP contribution in [-0.4, -0.2) is 20.0 Å². The maximum absolute atomic E-state index is 9.50. The van der Waals surface area contributed by atoms with Gasteiger partial charge in [-0.2, -0.15) is 0 Å². The molecule has 0 N–H and O–H groups in total. The molecule has 0 aromatic rings. The maximum Gasteiger partial charge on any atom is 0.122 e. The van der Waals surface area contributed by atoms with E-state index in [0.717, 1.165) is 13.0 Å². The molecular weight excluding hydrogens is 97.0 g/mol. The van der Waals surface area contributed by atoms with Gasteiger partial charge < -0.3 is 4.84 Å². The number of alkyl halides is 1. The summed E-state index contributed by atoms with van der Waals surface area (Å²) in [4.78, 5) is 4.51. The van der Waals surface area contributed by atoms with Gasteiger partial charge in [0.25, 0.3) is 0 Å². The highest BCUT2D eigenvalue weighted by molar-refractivity contribution is 5.57. The van der Waals surface area contributed by atoms with Crippen LogP contribution in [0.2, 0.25) is 0 Å². The Morgan fingerprint density at radius 1 is 1.71 bits per heavy atom. The first-order chi connectivity index (χ1) is 3.50. The number of nitrogens with zero attached hydrogens (tertiary/aromatic N) is 1. The number of oxime groups is 1. The number of hydrogen-bond donors (Lipinski definition) is 0. The summed E-state index contributed by atoms with van der Waals surface area (Å²) in [6, 6.07) is 0. The second kappa shape index (κ2) is 5.40. The maximum atomic E-state index is 9.50. The van der Waals surface area contributed by atoms with Gasteiger partial charge in [0.1, 0.15) is 6.61 Å². The molecule has 0 spiro atoms. The highest BCUT2D eigenvalue weighted by Gasteiger charge is 1.86. The summed E-state index contributed by atoms with van der Waals surface area (Å²) in [5.74, 6) is 0. The Balaban J connectivity index is 0.000000162. The van der Waals surface area contributed by atoms with Crippen LogP contribution in [0.15, 0.2) is 5.16 Å². The van der Waals surface area contributed by atoms with E-state index in [4.69, 9.17) is 0 Å². The van der Waals surface area contributed by atoms with E-state index in [9.17, 15) is 4.39 Å². The molecule has 3 heteroatoms. The molecule has 1 heterocycles. The molecule has 0 aromatic carbocycles. The molecule has 0 aliphatic carbocycles. The van der Waals surface area contributed by atoms with Crippen LogP contribution < -0.4 is 0 Å². The van der Waals surface area contributed by atoms with Gasteiger partial charge in [-0.25, -0.2) is 0 Å². The highest BCUT2D eigenvalue weighted by Crippen LogP contribution is 1.86. The molecule has 0 aromatic heterocycles. The van der Waals surface area contributed by atoms with Crippen LogP contribution in [0, 0.1) is 0 Å². The molecule has 0 fully saturated rings. The van der Waals surface area contributed by atoms with Gasteiger partial charge in [-0.1, -0.05) is 5.16 Å². The van der Waals surface area contributed by atoms with Gasteiger partial charge >= 0.3 is 0 Å². The van der Waals surface area contributed by atoms with Crippen LogP contribution in [0.4, 0.5) is 4.39 Å². The predicted molar refractivity (Wildman–Crippen MR) is 26.1 cm³/mol. The van der Waals surface area contributed by atoms with E-state index in [2.05, 4.69) is 9.99 Å². The number of halogens is 1. The summed E-state index contributed by atoms with van der Waals surface area (Å²) < 4.78 is 9.50. The molecule has 2 nitrogen and oxygen atoms in total. The van der Waals surface area contributed by atoms with Crippen LogP contribution in [0.25, 0.3) is 0 Å². The van der Waals surface area contributed by atoms with Crippen LogP contribution in [0.3, 0.4) is 0 Å². The summed E-state index contributed by atoms with van der Waals surface area (Å²) in [5.41, 5.74) is 0. The molecule has 0 unspecified atom stereocenters. The second-order valence-electron chi connectivity index (χ2n) is 0.910. The molecule has 0 saturated heterocycles. The van der Waals surface area contributed by atoms with Crippen LogP contribution >= 0.6 is 0 Å². The third kappa shape index (κ3) is 3.22. The molecule has 7 heavy (non-hydrogen) atoms. The van der Waals surface area contributed by atoms with Crippen molar-refractivity contribution in [3.8, 4) is 0 Å². The molecule has 1 aliphatic heterocycles. The molecule has 1 rings (SSSR count). The van der Waals surface area contributed by atoms with Crippen molar-refractivity contribution >= 4 is 6.21 Å². The van der Waals surface area contributed by atoms with Gasteiger partial charge in [-0.05, 0) is 0 Å². The minimum absolute atomic E-state index is 0.500. The Labute approximate surface area is 42.0 Å². The summed E-state index contributed by atoms with van der Waals surface area (Å²) in [7, 11) is 0.500. The molecular formula is C4H8FNO. The lowest BCUT2D eigenvalue weighted by Gasteiger charge is -1.76. The minimum atomic E-state index is 0.500. The van der Waals surface area contributed by atoms with Gasteiger partial charge in [0, 0.05) is 12.6 Å². The molecule has 0 radical (unpaired) electrons. The van der Waals surface area contributed by atoms with E-state index in [-0.39, 0.29) is 0 Å². The van der Waals surface area contributed by atoms with E-state index in [1.165, 1.54) is 0 Å². The van der Waals surface area contributed by atoms with Gasteiger partial charge in [0.15, 0.2) is 0 Å². The Bertz CT molecular complexity index is 49.7. The summed E-state index contributed by atoms with van der Waals surface area (Å²) in [5, 5.41) is 3.46. The van der Waals surface area contributed by atoms with Crippen molar-refractivity contribution in [3.05, 3.63) is 0 Å². The van der Waals surface area contributed by atoms with Gasteiger partial charge in [0.2, 0.25) is 0 Å². The van der Waals surface area contributed by atoms with Gasteiger partial charge in [-0.3, -0.25) is 4.39 Å². The quantitative estimate of drug-likeness (QED) is 0.450. The van der Waals surface area contributed by atoms with Crippen molar-refractivity contribution in [2.45, 2.75) is 6.42 Å². The minimum Gasteiger partial charge on any atom is -0.396 e. The van der Waals surface area contributed by atoms with Crippen molar-refractivity contribution in [3.63, 3.8) is 0 Å². The van der Waals surface area contributed by atoms with Crippen molar-refractivity contribution in [2.24, 2.45) is 5.16 Å². The average molecular weight is 105 g/mol. The largest absolute Gasteiger partial charge is 0.396 e. The average Bonchev–Trinajstić information content (AvgIpc) is 2.23. The Hall–Kier alpha value is -0.600. The smallest absolute Gasteiger partial charge is 0.122 e. The van der Waals surface area contributed by atoms with E-state index in [1.54, 1.807) is 6.21 Å². The molecule has 0 saturated carbocycles. The zero-order valence-corrected chi connectivity index (χ0v) is 4.22. The fraction of sp³-hybridized carbons (Fsp3) is 0.750. The Kier molecular flexibility index (Phi) is 4.94. The molecule has 0 bridgehead atoms. The van der Waals surface area contributed by atoms with E-state index in [0.29, 0.717) is 7.18 Å². The first-order valence-corrected chi connectivity index (χ1v) is 2.02. The molecule has 1 aliphatic rings. The Morgan fingerprint density at radius 3 is 2.57 bits per heavy atom. The zero-order chi connectivity index (χ0) is 5.54. The predicted octanol–water partition coefficient (Wildman–Crippen LogP) is 0.978. The normalized spacial score (nSPS) is 14.6. The SMILES string of the molecule is C1=NOCC1.CF. The van der Waals surface area contributed by atoms with Gasteiger partial charge in [-0.15, -0.1) is 0 Å². The number of hydrogen-bond acceptors (Lipinski definition) is 2. The number of rotatable bonds is 0. The fourth-order valence-electron chi connectivity index (χ4n) is 0.264. The standard InChI is InChI=1S/C3H5NO.CH3F/c1-2-4-5-3-1;1-2/h2H,1,3H2;1H3. The summed E-state index contributed by atoms with van der Waals surface area (Å²) in [6.45, 7) is 0.778. The Morgan fingerprint density at radius 2 is 2.43 bits per heavy atom. The van der Waals surface area contributed by atoms with Crippen molar-refractivity contribution < 1.29 is 9.23 Å². The lowest BCUT2D eigenvalue weighted by molar-refractivity contribution is 0.174. The van der Waals surface area contributed by atoms with Crippen LogP contribution in [-0.2, 0) is 4.84 Å². The molecule has 0 atom stereocenters. The third-order valence-electron chi connectivity index (χ3n) is 0.487. The fourth-order valence-corrected chi connectivity index (χ4v) is 0.264.